The van der Waals surface area contributed by atoms with Crippen LogP contribution in [0.1, 0.15) is 19.4 Å². The molecule has 2 unspecified atom stereocenters. The molecule has 0 saturated carbocycles. The summed E-state index contributed by atoms with van der Waals surface area (Å²) in [6.45, 7) is 3.66. The predicted octanol–water partition coefficient (Wildman–Crippen LogP) is 3.68. The maximum Gasteiger partial charge on any atom is 0.307 e. The molecule has 0 aromatic heterocycles. The maximum atomic E-state index is 10.8. The Morgan fingerprint density at radius 1 is 1.44 bits per heavy atom. The Balaban J connectivity index is 2.52. The molecule has 0 aliphatic heterocycles. The quantitative estimate of drug-likeness (QED) is 0.875. The minimum absolute atomic E-state index is 0.0776. The van der Waals surface area contributed by atoms with E-state index in [0.717, 1.165) is 16.3 Å². The standard InChI is InChI=1S/C12H15ClO2S/c1-8(12(14)15)9(2)16-7-10-5-3-4-6-11(10)13/h3-6,8-9H,7H2,1-2H3,(H,14,15). The lowest BCUT2D eigenvalue weighted by Crippen LogP contribution is -2.20. The van der Waals surface area contributed by atoms with Crippen LogP contribution in [0.4, 0.5) is 0 Å². The minimum Gasteiger partial charge on any atom is -0.481 e. The Morgan fingerprint density at radius 3 is 2.62 bits per heavy atom. The van der Waals surface area contributed by atoms with Crippen molar-refractivity contribution < 1.29 is 9.90 Å². The van der Waals surface area contributed by atoms with Crippen LogP contribution in [0.3, 0.4) is 0 Å². The molecule has 2 atom stereocenters. The molecule has 4 heteroatoms. The van der Waals surface area contributed by atoms with E-state index >= 15 is 0 Å². The van der Waals surface area contributed by atoms with Gasteiger partial charge in [0.2, 0.25) is 0 Å². The Kier molecular flexibility index (Phi) is 5.16. The molecule has 88 valence electrons. The molecule has 16 heavy (non-hydrogen) atoms. The van der Waals surface area contributed by atoms with E-state index in [1.165, 1.54) is 0 Å². The third-order valence-corrected chi connectivity index (χ3v) is 4.33. The van der Waals surface area contributed by atoms with Gasteiger partial charge in [0.1, 0.15) is 0 Å². The molecule has 0 bridgehead atoms. The van der Waals surface area contributed by atoms with Crippen molar-refractivity contribution in [2.24, 2.45) is 5.92 Å². The smallest absolute Gasteiger partial charge is 0.307 e. The number of hydrogen-bond donors (Lipinski definition) is 1. The van der Waals surface area contributed by atoms with E-state index in [-0.39, 0.29) is 11.2 Å². The second-order valence-electron chi connectivity index (χ2n) is 3.73. The Bertz CT molecular complexity index is 368. The molecule has 2 nitrogen and oxygen atoms in total. The first-order valence-electron chi connectivity index (χ1n) is 5.10. The number of carboxylic acids is 1. The number of halogens is 1. The van der Waals surface area contributed by atoms with Gasteiger partial charge in [-0.25, -0.2) is 0 Å². The van der Waals surface area contributed by atoms with Gasteiger partial charge in [-0.3, -0.25) is 4.79 Å². The lowest BCUT2D eigenvalue weighted by atomic mass is 10.1. The molecular formula is C12H15ClO2S. The number of hydrogen-bond acceptors (Lipinski definition) is 2. The van der Waals surface area contributed by atoms with Crippen LogP contribution < -0.4 is 0 Å². The SMILES string of the molecule is CC(SCc1ccccc1Cl)C(C)C(=O)O. The van der Waals surface area contributed by atoms with E-state index in [1.807, 2.05) is 31.2 Å². The Hall–Kier alpha value is -0.670. The molecule has 0 heterocycles. The fourth-order valence-electron chi connectivity index (χ4n) is 1.18. The van der Waals surface area contributed by atoms with Gasteiger partial charge in [0.15, 0.2) is 0 Å². The number of aliphatic carboxylic acids is 1. The van der Waals surface area contributed by atoms with Gasteiger partial charge in [-0.2, -0.15) is 11.8 Å². The van der Waals surface area contributed by atoms with Crippen LogP contribution in [0, 0.1) is 5.92 Å². The summed E-state index contributed by atoms with van der Waals surface area (Å²) in [5.41, 5.74) is 1.05. The number of carboxylic acid groups (broad SMARTS) is 1. The van der Waals surface area contributed by atoms with Crippen molar-refractivity contribution in [2.75, 3.05) is 0 Å². The molecule has 1 aromatic rings. The third kappa shape index (κ3) is 3.72. The Morgan fingerprint density at radius 2 is 2.06 bits per heavy atom. The van der Waals surface area contributed by atoms with Crippen LogP contribution in [0.5, 0.6) is 0 Å². The lowest BCUT2D eigenvalue weighted by molar-refractivity contribution is -0.140. The molecule has 0 radical (unpaired) electrons. The highest BCUT2D eigenvalue weighted by atomic mass is 35.5. The molecule has 1 aromatic carbocycles. The van der Waals surface area contributed by atoms with Crippen molar-refractivity contribution >= 4 is 29.3 Å². The zero-order chi connectivity index (χ0) is 12.1. The molecule has 0 aliphatic carbocycles. The molecule has 0 aliphatic rings. The van der Waals surface area contributed by atoms with Gasteiger partial charge in [-0.15, -0.1) is 0 Å². The van der Waals surface area contributed by atoms with Gasteiger partial charge < -0.3 is 5.11 Å². The lowest BCUT2D eigenvalue weighted by Gasteiger charge is -2.15. The van der Waals surface area contributed by atoms with Gasteiger partial charge in [0.25, 0.3) is 0 Å². The molecule has 0 fully saturated rings. The fraction of sp³-hybridized carbons (Fsp3) is 0.417. The summed E-state index contributed by atoms with van der Waals surface area (Å²) in [7, 11) is 0. The number of thioether (sulfide) groups is 1. The third-order valence-electron chi connectivity index (χ3n) is 2.55. The summed E-state index contributed by atoms with van der Waals surface area (Å²) < 4.78 is 0. The van der Waals surface area contributed by atoms with Crippen molar-refractivity contribution in [3.8, 4) is 0 Å². The molecule has 0 spiro atoms. The van der Waals surface area contributed by atoms with Crippen LogP contribution in [0.15, 0.2) is 24.3 Å². The van der Waals surface area contributed by atoms with Crippen LogP contribution in [0.25, 0.3) is 0 Å². The van der Waals surface area contributed by atoms with Crippen molar-refractivity contribution in [1.29, 1.82) is 0 Å². The Labute approximate surface area is 105 Å². The first-order chi connectivity index (χ1) is 7.52. The van der Waals surface area contributed by atoms with Crippen molar-refractivity contribution in [3.05, 3.63) is 34.9 Å². The summed E-state index contributed by atoms with van der Waals surface area (Å²) in [6, 6.07) is 7.64. The van der Waals surface area contributed by atoms with E-state index in [9.17, 15) is 4.79 Å². The van der Waals surface area contributed by atoms with E-state index < -0.39 is 5.97 Å². The molecule has 1 N–H and O–H groups in total. The summed E-state index contributed by atoms with van der Waals surface area (Å²) in [5, 5.41) is 9.68. The molecule has 0 saturated heterocycles. The van der Waals surface area contributed by atoms with Gasteiger partial charge in [-0.05, 0) is 11.6 Å². The number of benzene rings is 1. The normalized spacial score (nSPS) is 14.4. The topological polar surface area (TPSA) is 37.3 Å². The number of rotatable bonds is 5. The molecular weight excluding hydrogens is 244 g/mol. The van der Waals surface area contributed by atoms with Crippen LogP contribution in [0.2, 0.25) is 5.02 Å². The average Bonchev–Trinajstić information content (AvgIpc) is 2.26. The highest BCUT2D eigenvalue weighted by Gasteiger charge is 2.19. The van der Waals surface area contributed by atoms with Gasteiger partial charge in [-0.1, -0.05) is 43.6 Å². The highest BCUT2D eigenvalue weighted by molar-refractivity contribution is 7.99. The minimum atomic E-state index is -0.751. The van der Waals surface area contributed by atoms with E-state index in [0.29, 0.717) is 0 Å². The van der Waals surface area contributed by atoms with Crippen LogP contribution >= 0.6 is 23.4 Å². The van der Waals surface area contributed by atoms with Gasteiger partial charge in [0.05, 0.1) is 5.92 Å². The zero-order valence-corrected chi connectivity index (χ0v) is 10.9. The number of carbonyl (C=O) groups is 1. The van der Waals surface area contributed by atoms with Gasteiger partial charge in [0, 0.05) is 16.0 Å². The highest BCUT2D eigenvalue weighted by Crippen LogP contribution is 2.26. The summed E-state index contributed by atoms with van der Waals surface area (Å²) in [4.78, 5) is 10.8. The molecule has 1 rings (SSSR count). The van der Waals surface area contributed by atoms with E-state index in [2.05, 4.69) is 0 Å². The zero-order valence-electron chi connectivity index (χ0n) is 9.31. The van der Waals surface area contributed by atoms with E-state index in [4.69, 9.17) is 16.7 Å². The van der Waals surface area contributed by atoms with Gasteiger partial charge >= 0.3 is 5.97 Å². The summed E-state index contributed by atoms with van der Waals surface area (Å²) >= 11 is 7.63. The monoisotopic (exact) mass is 258 g/mol. The predicted molar refractivity (Wildman–Crippen MR) is 69.0 cm³/mol. The van der Waals surface area contributed by atoms with Crippen molar-refractivity contribution in [3.63, 3.8) is 0 Å². The van der Waals surface area contributed by atoms with Crippen molar-refractivity contribution in [1.82, 2.24) is 0 Å². The first-order valence-corrected chi connectivity index (χ1v) is 6.53. The molecule has 0 amide bonds. The first kappa shape index (κ1) is 13.4. The van der Waals surface area contributed by atoms with E-state index in [1.54, 1.807) is 18.7 Å². The van der Waals surface area contributed by atoms with Crippen molar-refractivity contribution in [2.45, 2.75) is 24.9 Å². The fourth-order valence-corrected chi connectivity index (χ4v) is 2.56. The summed E-state index contributed by atoms with van der Waals surface area (Å²) in [6.07, 6.45) is 0. The second-order valence-corrected chi connectivity index (χ2v) is 5.51. The van der Waals surface area contributed by atoms with Crippen LogP contribution in [-0.2, 0) is 10.5 Å². The maximum absolute atomic E-state index is 10.8. The largest absolute Gasteiger partial charge is 0.481 e. The average molecular weight is 259 g/mol. The second kappa shape index (κ2) is 6.16. The van der Waals surface area contributed by atoms with Crippen LogP contribution in [-0.4, -0.2) is 16.3 Å². The summed E-state index contributed by atoms with van der Waals surface area (Å²) in [5.74, 6) is -0.343.